The Labute approximate surface area is 44.0 Å². The second-order valence-corrected chi connectivity index (χ2v) is 1.45. The fraction of sp³-hybridized carbons (Fsp3) is 0.333. The van der Waals surface area contributed by atoms with Crippen LogP contribution in [0.3, 0.4) is 0 Å². The van der Waals surface area contributed by atoms with Gasteiger partial charge in [0.2, 0.25) is 0 Å². The molecule has 1 nitrogen and oxygen atoms in total. The molecule has 2 unspecified atom stereocenters. The van der Waals surface area contributed by atoms with E-state index in [-0.39, 0.29) is 12.2 Å². The van der Waals surface area contributed by atoms with E-state index >= 15 is 0 Å². The molecule has 36 valence electrons. The predicted molar refractivity (Wildman–Crippen MR) is 26.4 cm³/mol. The van der Waals surface area contributed by atoms with Gasteiger partial charge in [0.1, 0.15) is 0 Å². The maximum atomic E-state index is 5.24. The molecule has 2 atom stereocenters. The van der Waals surface area contributed by atoms with Crippen LogP contribution in [-0.2, 0) is 4.74 Å². The van der Waals surface area contributed by atoms with Crippen molar-refractivity contribution in [2.24, 2.45) is 0 Å². The summed E-state index contributed by atoms with van der Waals surface area (Å²) in [7, 11) is 0. The van der Waals surface area contributed by atoms with Crippen LogP contribution in [0.2, 0.25) is 0 Å². The molecule has 4 radical (unpaired) electrons. The highest BCUT2D eigenvalue weighted by molar-refractivity contribution is 5.03. The quantitative estimate of drug-likeness (QED) is 0.402. The second kappa shape index (κ2) is 1.66. The van der Waals surface area contributed by atoms with Gasteiger partial charge in [0, 0.05) is 13.8 Å². The molecule has 0 fully saturated rings. The summed E-state index contributed by atoms with van der Waals surface area (Å²) in [6, 6.07) is 0. The van der Waals surface area contributed by atoms with Crippen LogP contribution in [0.4, 0.5) is 0 Å². The van der Waals surface area contributed by atoms with E-state index in [1.54, 1.807) is 12.2 Å². The molecular weight excluding hydrogens is 88.1 g/mol. The molecule has 0 spiro atoms. The topological polar surface area (TPSA) is 9.23 Å². The van der Waals surface area contributed by atoms with Crippen LogP contribution in [0.1, 0.15) is 0 Å². The van der Waals surface area contributed by atoms with Crippen LogP contribution in [0, 0.1) is 13.8 Å². The molecule has 0 amide bonds. The van der Waals surface area contributed by atoms with E-state index in [0.717, 1.165) is 0 Å². The van der Waals surface area contributed by atoms with Crippen molar-refractivity contribution in [2.75, 3.05) is 0 Å². The lowest BCUT2D eigenvalue weighted by molar-refractivity contribution is 0.113. The van der Waals surface area contributed by atoms with Gasteiger partial charge in [0.15, 0.2) is 0 Å². The van der Waals surface area contributed by atoms with Gasteiger partial charge in [-0.25, -0.2) is 0 Å². The van der Waals surface area contributed by atoms with Crippen LogP contribution >= 0.6 is 0 Å². The molecule has 1 heterocycles. The van der Waals surface area contributed by atoms with E-state index < -0.39 is 0 Å². The van der Waals surface area contributed by atoms with Crippen LogP contribution in [0.5, 0.6) is 0 Å². The normalized spacial score (nSPS) is 39.7. The van der Waals surface area contributed by atoms with Crippen molar-refractivity contribution in [3.63, 3.8) is 0 Å². The van der Waals surface area contributed by atoms with E-state index in [2.05, 4.69) is 0 Å². The summed E-state index contributed by atoms with van der Waals surface area (Å²) < 4.78 is 4.81. The molecule has 0 aliphatic carbocycles. The Morgan fingerprint density at radius 3 is 1.71 bits per heavy atom. The third-order valence-corrected chi connectivity index (χ3v) is 0.805. The van der Waals surface area contributed by atoms with Crippen molar-refractivity contribution in [1.82, 2.24) is 0 Å². The summed E-state index contributed by atoms with van der Waals surface area (Å²) in [5.74, 6) is 0. The van der Waals surface area contributed by atoms with E-state index in [9.17, 15) is 0 Å². The summed E-state index contributed by atoms with van der Waals surface area (Å²) in [5, 5.41) is 0. The monoisotopic (exact) mass is 94.0 g/mol. The van der Waals surface area contributed by atoms with E-state index in [1.807, 2.05) is 0 Å². The third-order valence-electron chi connectivity index (χ3n) is 0.805. The number of hydrogen-bond acceptors (Lipinski definition) is 1. The Hall–Kier alpha value is -0.300. The number of rotatable bonds is 0. The molecule has 0 bridgehead atoms. The van der Waals surface area contributed by atoms with Crippen LogP contribution in [0.25, 0.3) is 0 Å². The Balaban J connectivity index is 2.42. The van der Waals surface area contributed by atoms with Crippen molar-refractivity contribution >= 4 is 0 Å². The van der Waals surface area contributed by atoms with Gasteiger partial charge >= 0.3 is 0 Å². The van der Waals surface area contributed by atoms with E-state index in [1.165, 1.54) is 0 Å². The van der Waals surface area contributed by atoms with Crippen LogP contribution in [-0.4, -0.2) is 12.2 Å². The molecule has 1 aliphatic heterocycles. The van der Waals surface area contributed by atoms with Gasteiger partial charge in [-0.2, -0.15) is 0 Å². The van der Waals surface area contributed by atoms with Crippen molar-refractivity contribution < 1.29 is 4.74 Å². The molecule has 1 rings (SSSR count). The van der Waals surface area contributed by atoms with Gasteiger partial charge in [-0.15, -0.1) is 0 Å². The smallest absolute Gasteiger partial charge is 0.0800 e. The molecule has 1 heteroatoms. The van der Waals surface area contributed by atoms with Crippen molar-refractivity contribution in [2.45, 2.75) is 12.2 Å². The summed E-state index contributed by atoms with van der Waals surface area (Å²) in [4.78, 5) is 0. The molecule has 0 saturated carbocycles. The highest BCUT2D eigenvalue weighted by Gasteiger charge is 2.08. The molecule has 0 aromatic rings. The van der Waals surface area contributed by atoms with Gasteiger partial charge in [-0.3, -0.25) is 0 Å². The van der Waals surface area contributed by atoms with Crippen LogP contribution in [0.15, 0.2) is 12.2 Å². The van der Waals surface area contributed by atoms with Crippen molar-refractivity contribution in [3.05, 3.63) is 26.0 Å². The first-order valence-electron chi connectivity index (χ1n) is 2.14. The zero-order valence-corrected chi connectivity index (χ0v) is 3.87. The Morgan fingerprint density at radius 1 is 1.14 bits per heavy atom. The zero-order chi connectivity index (χ0) is 5.28. The highest BCUT2D eigenvalue weighted by atomic mass is 16.5. The van der Waals surface area contributed by atoms with Gasteiger partial charge < -0.3 is 4.74 Å². The summed E-state index contributed by atoms with van der Waals surface area (Å²) in [6.07, 6.45) is 2.89. The van der Waals surface area contributed by atoms with E-state index in [0.29, 0.717) is 0 Å². The minimum absolute atomic E-state index is 0.282. The molecule has 0 saturated heterocycles. The summed E-state index contributed by atoms with van der Waals surface area (Å²) in [5.41, 5.74) is 0. The lowest BCUT2D eigenvalue weighted by atomic mass is 10.4. The first-order chi connectivity index (χ1) is 3.29. The molecule has 0 N–H and O–H groups in total. The van der Waals surface area contributed by atoms with Gasteiger partial charge in [0.25, 0.3) is 0 Å². The number of ether oxygens (including phenoxy) is 1. The highest BCUT2D eigenvalue weighted by Crippen LogP contribution is 2.07. The predicted octanol–water partition coefficient (Wildman–Crippen LogP) is 0.732. The zero-order valence-electron chi connectivity index (χ0n) is 3.87. The maximum Gasteiger partial charge on any atom is 0.0800 e. The minimum Gasteiger partial charge on any atom is -0.366 e. The minimum atomic E-state index is -0.282. The average molecular weight is 94.1 g/mol. The molecule has 0 aromatic carbocycles. The van der Waals surface area contributed by atoms with Gasteiger partial charge in [-0.1, -0.05) is 12.2 Å². The Morgan fingerprint density at radius 2 is 1.57 bits per heavy atom. The largest absolute Gasteiger partial charge is 0.366 e. The maximum absolute atomic E-state index is 5.24. The fourth-order valence-corrected chi connectivity index (χ4v) is 0.491. The number of hydrogen-bond donors (Lipinski definition) is 0. The Bertz CT molecular complexity index is 76.2. The Kier molecular flexibility index (Phi) is 1.15. The second-order valence-electron chi connectivity index (χ2n) is 1.45. The van der Waals surface area contributed by atoms with Crippen LogP contribution < -0.4 is 0 Å². The van der Waals surface area contributed by atoms with Gasteiger partial charge in [-0.05, 0) is 0 Å². The summed E-state index contributed by atoms with van der Waals surface area (Å²) in [6.45, 7) is 10.5. The lowest BCUT2D eigenvalue weighted by Gasteiger charge is -2.01. The first-order valence-corrected chi connectivity index (χ1v) is 2.14. The standard InChI is InChI=1S/C6H6O/c1-5-3-4-6(2)7-5/h1-6H. The SMILES string of the molecule is [CH]C1C=CC([CH])O1. The average Bonchev–Trinajstić information content (AvgIpc) is 1.87. The third kappa shape index (κ3) is 1.03. The van der Waals surface area contributed by atoms with Crippen molar-refractivity contribution in [3.8, 4) is 0 Å². The molecule has 1 aliphatic rings. The molecule has 0 aromatic heterocycles. The first kappa shape index (κ1) is 4.85. The van der Waals surface area contributed by atoms with Crippen molar-refractivity contribution in [1.29, 1.82) is 0 Å². The lowest BCUT2D eigenvalue weighted by Crippen LogP contribution is -2.04. The van der Waals surface area contributed by atoms with E-state index in [4.69, 9.17) is 18.6 Å². The fourth-order valence-electron chi connectivity index (χ4n) is 0.491. The summed E-state index contributed by atoms with van der Waals surface area (Å²) >= 11 is 0. The van der Waals surface area contributed by atoms with Gasteiger partial charge in [0.05, 0.1) is 12.2 Å². The molecule has 7 heavy (non-hydrogen) atoms. The molecular formula is C6H6O.